The lowest BCUT2D eigenvalue weighted by Crippen LogP contribution is -2.16. The molecule has 1 aliphatic carbocycles. The number of hydrogen-bond acceptors (Lipinski definition) is 2. The van der Waals surface area contributed by atoms with E-state index in [1.54, 1.807) is 0 Å². The largest absolute Gasteiger partial charge is 0.463 e. The van der Waals surface area contributed by atoms with Crippen LogP contribution in [-0.4, -0.2) is 12.1 Å². The van der Waals surface area contributed by atoms with Gasteiger partial charge in [-0.2, -0.15) is 0 Å². The van der Waals surface area contributed by atoms with Gasteiger partial charge in [0.15, 0.2) is 0 Å². The Balaban J connectivity index is 2.30. The summed E-state index contributed by atoms with van der Waals surface area (Å²) in [5.41, 5.74) is 0. The smallest absolute Gasteiger partial charge is 0.302 e. The van der Waals surface area contributed by atoms with Crippen LogP contribution in [0.4, 0.5) is 0 Å². The second kappa shape index (κ2) is 12.0. The number of ether oxygens (including phenoxy) is 1. The molecule has 0 aromatic carbocycles. The van der Waals surface area contributed by atoms with Crippen LogP contribution >= 0.6 is 0 Å². The lowest BCUT2D eigenvalue weighted by atomic mass is 10.0. The lowest BCUT2D eigenvalue weighted by Gasteiger charge is -2.17. The average Bonchev–Trinajstić information content (AvgIpc) is 2.40. The average molecular weight is 280 g/mol. The molecule has 20 heavy (non-hydrogen) atoms. The number of carbonyl (C=O) groups excluding carboxylic acids is 1. The van der Waals surface area contributed by atoms with Crippen molar-refractivity contribution in [3.8, 4) is 0 Å². The summed E-state index contributed by atoms with van der Waals surface area (Å²) < 4.78 is 5.45. The molecule has 1 atom stereocenters. The lowest BCUT2D eigenvalue weighted by molar-refractivity contribution is -0.147. The first-order valence-corrected chi connectivity index (χ1v) is 8.61. The fourth-order valence-corrected chi connectivity index (χ4v) is 2.88. The molecule has 116 valence electrons. The first kappa shape index (κ1) is 17.3. The van der Waals surface area contributed by atoms with E-state index < -0.39 is 0 Å². The summed E-state index contributed by atoms with van der Waals surface area (Å²) in [6.45, 7) is 1.53. The molecule has 1 rings (SSSR count). The van der Waals surface area contributed by atoms with Crippen molar-refractivity contribution >= 4 is 5.97 Å². The number of allylic oxidation sites excluding steroid dienone is 2. The third-order valence-electron chi connectivity index (χ3n) is 4.04. The minimum atomic E-state index is -0.116. The highest BCUT2D eigenvalue weighted by Gasteiger charge is 2.11. The Bertz CT molecular complexity index is 271. The van der Waals surface area contributed by atoms with Crippen LogP contribution in [0.1, 0.15) is 90.4 Å². The molecule has 0 spiro atoms. The van der Waals surface area contributed by atoms with Gasteiger partial charge in [-0.15, -0.1) is 0 Å². The van der Waals surface area contributed by atoms with Gasteiger partial charge in [-0.1, -0.05) is 44.3 Å². The molecule has 0 bridgehead atoms. The van der Waals surface area contributed by atoms with Crippen molar-refractivity contribution in [1.82, 2.24) is 0 Å². The van der Waals surface area contributed by atoms with Gasteiger partial charge in [0.1, 0.15) is 6.10 Å². The number of esters is 1. The highest BCUT2D eigenvalue weighted by molar-refractivity contribution is 5.66. The predicted octanol–water partition coefficient (Wildman–Crippen LogP) is 5.56. The van der Waals surface area contributed by atoms with Gasteiger partial charge >= 0.3 is 5.97 Å². The van der Waals surface area contributed by atoms with Crippen LogP contribution < -0.4 is 0 Å². The second-order valence-corrected chi connectivity index (χ2v) is 6.04. The van der Waals surface area contributed by atoms with Crippen molar-refractivity contribution in [2.75, 3.05) is 0 Å². The Morgan fingerprint density at radius 1 is 0.800 bits per heavy atom. The molecule has 2 heteroatoms. The number of hydrogen-bond donors (Lipinski definition) is 0. The van der Waals surface area contributed by atoms with Crippen molar-refractivity contribution in [1.29, 1.82) is 0 Å². The van der Waals surface area contributed by atoms with Crippen LogP contribution in [0.15, 0.2) is 12.2 Å². The zero-order valence-corrected chi connectivity index (χ0v) is 13.2. The van der Waals surface area contributed by atoms with Gasteiger partial charge in [0, 0.05) is 6.92 Å². The molecule has 0 radical (unpaired) electrons. The topological polar surface area (TPSA) is 26.3 Å². The third kappa shape index (κ3) is 10.1. The summed E-state index contributed by atoms with van der Waals surface area (Å²) in [4.78, 5) is 11.1. The molecule has 0 N–H and O–H groups in total. The molecule has 1 unspecified atom stereocenters. The maximum absolute atomic E-state index is 11.1. The van der Waals surface area contributed by atoms with Gasteiger partial charge in [-0.3, -0.25) is 4.79 Å². The van der Waals surface area contributed by atoms with Crippen molar-refractivity contribution in [2.45, 2.75) is 96.5 Å². The minimum Gasteiger partial charge on any atom is -0.463 e. The Kier molecular flexibility index (Phi) is 10.3. The molecule has 0 amide bonds. The SMILES string of the molecule is CC(=O)OC1CCCCCC/C=C/CCCCCCC1. The van der Waals surface area contributed by atoms with Gasteiger partial charge in [-0.05, 0) is 51.4 Å². The number of carbonyl (C=O) groups is 1. The number of rotatable bonds is 1. The van der Waals surface area contributed by atoms with E-state index in [4.69, 9.17) is 4.74 Å². The van der Waals surface area contributed by atoms with Gasteiger partial charge in [0.05, 0.1) is 0 Å². The van der Waals surface area contributed by atoms with Crippen molar-refractivity contribution in [2.24, 2.45) is 0 Å². The zero-order chi connectivity index (χ0) is 14.5. The van der Waals surface area contributed by atoms with E-state index in [0.29, 0.717) is 0 Å². The zero-order valence-electron chi connectivity index (χ0n) is 13.2. The summed E-state index contributed by atoms with van der Waals surface area (Å²) in [5.74, 6) is -0.116. The Hall–Kier alpha value is -0.790. The van der Waals surface area contributed by atoms with E-state index in [9.17, 15) is 4.79 Å². The molecule has 2 nitrogen and oxygen atoms in total. The molecule has 0 saturated heterocycles. The van der Waals surface area contributed by atoms with Crippen molar-refractivity contribution in [3.05, 3.63) is 12.2 Å². The highest BCUT2D eigenvalue weighted by Crippen LogP contribution is 2.17. The van der Waals surface area contributed by atoms with Crippen LogP contribution in [0.3, 0.4) is 0 Å². The van der Waals surface area contributed by atoms with E-state index >= 15 is 0 Å². The minimum absolute atomic E-state index is 0.116. The summed E-state index contributed by atoms with van der Waals surface area (Å²) in [7, 11) is 0. The quantitative estimate of drug-likeness (QED) is 0.464. The molecular weight excluding hydrogens is 248 g/mol. The summed E-state index contributed by atoms with van der Waals surface area (Å²) in [5, 5.41) is 0. The monoisotopic (exact) mass is 280 g/mol. The molecule has 0 fully saturated rings. The van der Waals surface area contributed by atoms with Crippen LogP contribution in [0, 0.1) is 0 Å². The molecule has 0 heterocycles. The fraction of sp³-hybridized carbons (Fsp3) is 0.833. The van der Waals surface area contributed by atoms with E-state index in [-0.39, 0.29) is 12.1 Å². The van der Waals surface area contributed by atoms with Crippen LogP contribution in [0.5, 0.6) is 0 Å². The van der Waals surface area contributed by atoms with Crippen LogP contribution in [0.2, 0.25) is 0 Å². The van der Waals surface area contributed by atoms with Crippen LogP contribution in [-0.2, 0) is 9.53 Å². The fourth-order valence-electron chi connectivity index (χ4n) is 2.88. The Morgan fingerprint density at radius 2 is 1.25 bits per heavy atom. The van der Waals surface area contributed by atoms with Crippen molar-refractivity contribution < 1.29 is 9.53 Å². The molecule has 0 aromatic rings. The van der Waals surface area contributed by atoms with Gasteiger partial charge in [0.2, 0.25) is 0 Å². The first-order valence-electron chi connectivity index (χ1n) is 8.61. The maximum Gasteiger partial charge on any atom is 0.302 e. The molecule has 0 aromatic heterocycles. The molecule has 1 aliphatic rings. The van der Waals surface area contributed by atoms with Gasteiger partial charge < -0.3 is 4.74 Å². The summed E-state index contributed by atoms with van der Waals surface area (Å²) in [6, 6.07) is 0. The normalized spacial score (nSPS) is 25.8. The molecule has 0 aliphatic heterocycles. The first-order chi connectivity index (χ1) is 9.79. The summed E-state index contributed by atoms with van der Waals surface area (Å²) >= 11 is 0. The second-order valence-electron chi connectivity index (χ2n) is 6.04. The van der Waals surface area contributed by atoms with E-state index in [0.717, 1.165) is 12.8 Å². The Morgan fingerprint density at radius 3 is 1.75 bits per heavy atom. The Labute approximate surface area is 125 Å². The third-order valence-corrected chi connectivity index (χ3v) is 4.04. The standard InChI is InChI=1S/C18H32O2/c1-17(19)20-18-15-13-11-9-7-5-3-2-4-6-8-10-12-14-16-18/h2-3,18H,4-16H2,1H3/b3-2+. The molecule has 0 saturated carbocycles. The highest BCUT2D eigenvalue weighted by atomic mass is 16.5. The van der Waals surface area contributed by atoms with E-state index in [1.807, 2.05) is 0 Å². The maximum atomic E-state index is 11.1. The summed E-state index contributed by atoms with van der Waals surface area (Å²) in [6.07, 6.45) is 21.0. The van der Waals surface area contributed by atoms with E-state index in [1.165, 1.54) is 77.6 Å². The molecular formula is C18H32O2. The predicted molar refractivity (Wildman–Crippen MR) is 84.7 cm³/mol. The van der Waals surface area contributed by atoms with Crippen molar-refractivity contribution in [3.63, 3.8) is 0 Å². The van der Waals surface area contributed by atoms with E-state index in [2.05, 4.69) is 12.2 Å². The van der Waals surface area contributed by atoms with Crippen LogP contribution in [0.25, 0.3) is 0 Å². The van der Waals surface area contributed by atoms with Gasteiger partial charge in [-0.25, -0.2) is 0 Å². The van der Waals surface area contributed by atoms with Gasteiger partial charge in [0.25, 0.3) is 0 Å².